The van der Waals surface area contributed by atoms with E-state index in [1.807, 2.05) is 12.1 Å². The van der Waals surface area contributed by atoms with Crippen molar-refractivity contribution < 1.29 is 13.9 Å². The summed E-state index contributed by atoms with van der Waals surface area (Å²) >= 11 is 5.92. The smallest absolute Gasteiger partial charge is 0.265 e. The lowest BCUT2D eigenvalue weighted by atomic mass is 9.93. The zero-order valence-electron chi connectivity index (χ0n) is 22.6. The summed E-state index contributed by atoms with van der Waals surface area (Å²) in [7, 11) is 0. The van der Waals surface area contributed by atoms with Gasteiger partial charge < -0.3 is 10.1 Å². The van der Waals surface area contributed by atoms with Crippen molar-refractivity contribution in [2.24, 2.45) is 5.92 Å². The number of amides is 1. The molecule has 4 aromatic rings. The molecule has 2 aliphatic rings. The number of nitrogens with zero attached hydrogens (tertiary/aromatic N) is 7. The Hall–Kier alpha value is -4.14. The molecule has 1 unspecified atom stereocenters. The van der Waals surface area contributed by atoms with Gasteiger partial charge >= 0.3 is 0 Å². The fourth-order valence-electron chi connectivity index (χ4n) is 5.48. The maximum atomic E-state index is 15.0. The van der Waals surface area contributed by atoms with E-state index in [1.165, 1.54) is 12.4 Å². The molecule has 0 saturated carbocycles. The Balaban J connectivity index is 1.47. The number of nitrogens with one attached hydrogen (secondary N) is 1. The molecular formula is C29H28ClFN8O2. The SMILES string of the molecule is CC(C)Cc1nc2c(cnn2C2CCNC[C@H]2F)c(-c2ccc3c(c2)OCC(=O)N3Cc2ncc(Cl)cn2)c1C#N. The highest BCUT2D eigenvalue weighted by molar-refractivity contribution is 6.30. The lowest BCUT2D eigenvalue weighted by Gasteiger charge is -2.29. The van der Waals surface area contributed by atoms with Crippen molar-refractivity contribution in [3.05, 3.63) is 58.9 Å². The predicted molar refractivity (Wildman–Crippen MR) is 151 cm³/mol. The first-order chi connectivity index (χ1) is 19.8. The molecule has 1 N–H and O–H groups in total. The van der Waals surface area contributed by atoms with Crippen LogP contribution in [0, 0.1) is 17.2 Å². The fraction of sp³-hybridized carbons (Fsp3) is 0.379. The number of benzene rings is 1. The molecule has 5 heterocycles. The predicted octanol–water partition coefficient (Wildman–Crippen LogP) is 4.41. The van der Waals surface area contributed by atoms with Gasteiger partial charge in [0.25, 0.3) is 5.91 Å². The van der Waals surface area contributed by atoms with Gasteiger partial charge in [-0.05, 0) is 43.0 Å². The first-order valence-electron chi connectivity index (χ1n) is 13.5. The van der Waals surface area contributed by atoms with Crippen LogP contribution in [0.25, 0.3) is 22.2 Å². The molecular weight excluding hydrogens is 547 g/mol. The van der Waals surface area contributed by atoms with E-state index in [1.54, 1.807) is 21.8 Å². The van der Waals surface area contributed by atoms with E-state index in [0.29, 0.717) is 69.5 Å². The number of fused-ring (bicyclic) bond motifs is 2. The molecule has 1 amide bonds. The monoisotopic (exact) mass is 574 g/mol. The number of alkyl halides is 1. The number of pyridine rings is 1. The highest BCUT2D eigenvalue weighted by Gasteiger charge is 2.31. The summed E-state index contributed by atoms with van der Waals surface area (Å²) in [6.07, 6.45) is 4.70. The number of halogens is 2. The number of ether oxygens (including phenoxy) is 1. The molecule has 0 aliphatic carbocycles. The van der Waals surface area contributed by atoms with E-state index in [0.717, 1.165) is 5.56 Å². The molecule has 1 saturated heterocycles. The highest BCUT2D eigenvalue weighted by atomic mass is 35.5. The van der Waals surface area contributed by atoms with Crippen molar-refractivity contribution in [2.75, 3.05) is 24.6 Å². The Morgan fingerprint density at radius 1 is 1.27 bits per heavy atom. The third-order valence-electron chi connectivity index (χ3n) is 7.38. The number of aromatic nitrogens is 5. The largest absolute Gasteiger partial charge is 0.482 e. The molecule has 0 radical (unpaired) electrons. The lowest BCUT2D eigenvalue weighted by molar-refractivity contribution is -0.121. The van der Waals surface area contributed by atoms with Gasteiger partial charge in [0, 0.05) is 29.9 Å². The zero-order chi connectivity index (χ0) is 28.7. The molecule has 1 fully saturated rings. The Kier molecular flexibility index (Phi) is 7.28. The number of carbonyl (C=O) groups is 1. The molecule has 41 heavy (non-hydrogen) atoms. The third kappa shape index (κ3) is 5.09. The van der Waals surface area contributed by atoms with Crippen LogP contribution in [0.3, 0.4) is 0 Å². The normalized spacial score (nSPS) is 18.8. The second kappa shape index (κ2) is 11.0. The average molecular weight is 575 g/mol. The van der Waals surface area contributed by atoms with Crippen LogP contribution in [-0.2, 0) is 17.8 Å². The summed E-state index contributed by atoms with van der Waals surface area (Å²) in [5.74, 6) is 0.948. The van der Waals surface area contributed by atoms with Crippen LogP contribution in [0.1, 0.15) is 43.4 Å². The minimum absolute atomic E-state index is 0.148. The lowest BCUT2D eigenvalue weighted by Crippen LogP contribution is -2.39. The Labute approximate surface area is 241 Å². The summed E-state index contributed by atoms with van der Waals surface area (Å²) in [5, 5.41) is 19.1. The van der Waals surface area contributed by atoms with Gasteiger partial charge in [-0.2, -0.15) is 10.4 Å². The molecule has 210 valence electrons. The molecule has 6 rings (SSSR count). The third-order valence-corrected chi connectivity index (χ3v) is 7.58. The molecule has 2 atom stereocenters. The minimum atomic E-state index is -1.11. The van der Waals surface area contributed by atoms with Gasteiger partial charge in [0.05, 0.1) is 40.8 Å². The summed E-state index contributed by atoms with van der Waals surface area (Å²) in [6, 6.07) is 7.40. The van der Waals surface area contributed by atoms with Gasteiger partial charge in [0.1, 0.15) is 23.8 Å². The van der Waals surface area contributed by atoms with E-state index >= 15 is 0 Å². The van der Waals surface area contributed by atoms with Gasteiger partial charge in [0.15, 0.2) is 12.3 Å². The number of rotatable bonds is 6. The van der Waals surface area contributed by atoms with Crippen molar-refractivity contribution in [2.45, 2.75) is 45.4 Å². The van der Waals surface area contributed by atoms with Crippen molar-refractivity contribution >= 4 is 34.2 Å². The summed E-state index contributed by atoms with van der Waals surface area (Å²) in [5.41, 5.74) is 3.61. The van der Waals surface area contributed by atoms with Crippen molar-refractivity contribution in [3.8, 4) is 22.9 Å². The molecule has 12 heteroatoms. The first kappa shape index (κ1) is 27.1. The minimum Gasteiger partial charge on any atom is -0.482 e. The Morgan fingerprint density at radius 2 is 2.07 bits per heavy atom. The Morgan fingerprint density at radius 3 is 2.80 bits per heavy atom. The van der Waals surface area contributed by atoms with Crippen molar-refractivity contribution in [1.29, 1.82) is 5.26 Å². The summed E-state index contributed by atoms with van der Waals surface area (Å²) in [6.45, 7) is 5.08. The van der Waals surface area contributed by atoms with E-state index < -0.39 is 12.2 Å². The number of carbonyl (C=O) groups excluding carboxylic acids is 1. The molecule has 1 aromatic carbocycles. The van der Waals surface area contributed by atoms with Crippen LogP contribution in [0.4, 0.5) is 10.1 Å². The van der Waals surface area contributed by atoms with Gasteiger partial charge in [0.2, 0.25) is 0 Å². The van der Waals surface area contributed by atoms with E-state index in [-0.39, 0.29) is 31.5 Å². The van der Waals surface area contributed by atoms with Gasteiger partial charge in [-0.25, -0.2) is 24.0 Å². The quantitative estimate of drug-likeness (QED) is 0.359. The first-order valence-corrected chi connectivity index (χ1v) is 13.9. The second-order valence-corrected chi connectivity index (χ2v) is 11.1. The van der Waals surface area contributed by atoms with Crippen LogP contribution >= 0.6 is 11.6 Å². The van der Waals surface area contributed by atoms with Crippen LogP contribution in [0.15, 0.2) is 36.8 Å². The van der Waals surface area contributed by atoms with E-state index in [2.05, 4.69) is 40.3 Å². The molecule has 10 nitrogen and oxygen atoms in total. The molecule has 2 aliphatic heterocycles. The average Bonchev–Trinajstić information content (AvgIpc) is 3.37. The summed E-state index contributed by atoms with van der Waals surface area (Å²) < 4.78 is 22.5. The molecule has 3 aromatic heterocycles. The van der Waals surface area contributed by atoms with E-state index in [4.69, 9.17) is 21.3 Å². The Bertz CT molecular complexity index is 1670. The maximum Gasteiger partial charge on any atom is 0.265 e. The van der Waals surface area contributed by atoms with Crippen LogP contribution < -0.4 is 15.0 Å². The summed E-state index contributed by atoms with van der Waals surface area (Å²) in [4.78, 5) is 27.7. The highest BCUT2D eigenvalue weighted by Crippen LogP contribution is 2.41. The topological polar surface area (TPSA) is 122 Å². The molecule has 0 bridgehead atoms. The van der Waals surface area contributed by atoms with Gasteiger partial charge in [-0.1, -0.05) is 31.5 Å². The fourth-order valence-corrected chi connectivity index (χ4v) is 5.58. The van der Waals surface area contributed by atoms with Gasteiger partial charge in [-0.3, -0.25) is 9.69 Å². The van der Waals surface area contributed by atoms with Crippen LogP contribution in [0.2, 0.25) is 5.02 Å². The number of nitriles is 1. The van der Waals surface area contributed by atoms with Crippen LogP contribution in [0.5, 0.6) is 5.75 Å². The van der Waals surface area contributed by atoms with Crippen LogP contribution in [-0.4, -0.2) is 56.5 Å². The van der Waals surface area contributed by atoms with Crippen molar-refractivity contribution in [1.82, 2.24) is 30.0 Å². The maximum absolute atomic E-state index is 15.0. The standard InChI is InChI=1S/C29H28ClFN8O2/c1-16(2)7-22-19(9-32)28(20-12-36-39(29(20)37-22)23-5-6-33-13-21(23)31)17-3-4-24-25(8-17)41-15-27(40)38(24)14-26-34-10-18(30)11-35-26/h3-4,8,10-12,16,21,23,33H,5-7,13-15H2,1-2H3/t21-,23?/m1/s1. The second-order valence-electron chi connectivity index (χ2n) is 10.7. The number of hydrogen-bond donors (Lipinski definition) is 1. The number of piperidine rings is 1. The van der Waals surface area contributed by atoms with Gasteiger partial charge in [-0.15, -0.1) is 0 Å². The number of anilines is 1. The zero-order valence-corrected chi connectivity index (χ0v) is 23.4. The van der Waals surface area contributed by atoms with Crippen molar-refractivity contribution in [3.63, 3.8) is 0 Å². The number of hydrogen-bond acceptors (Lipinski definition) is 8. The molecule has 0 spiro atoms. The van der Waals surface area contributed by atoms with E-state index in [9.17, 15) is 14.4 Å².